The summed E-state index contributed by atoms with van der Waals surface area (Å²) in [6.45, 7) is 4.02. The number of aliphatic carboxylic acids is 1. The minimum absolute atomic E-state index is 0. The number of nitrogens with two attached hydrogens (primary N) is 1. The predicted molar refractivity (Wildman–Crippen MR) is 81.9 cm³/mol. The maximum absolute atomic E-state index is 11.3. The van der Waals surface area contributed by atoms with Gasteiger partial charge in [-0.25, -0.2) is 0 Å². The maximum atomic E-state index is 11.3. The van der Waals surface area contributed by atoms with Gasteiger partial charge in [0.15, 0.2) is 5.96 Å². The minimum atomic E-state index is -1.03. The summed E-state index contributed by atoms with van der Waals surface area (Å²) in [5, 5.41) is 22.6. The zero-order valence-corrected chi connectivity index (χ0v) is 18.2. The molecule has 1 rings (SSSR count). The van der Waals surface area contributed by atoms with Crippen molar-refractivity contribution in [2.45, 2.75) is 51.3 Å². The van der Waals surface area contributed by atoms with E-state index in [-0.39, 0.29) is 68.4 Å². The Hall–Kier alpha value is 0.102. The Morgan fingerprint density at radius 2 is 2.00 bits per heavy atom. The molecule has 0 aromatic rings. The summed E-state index contributed by atoms with van der Waals surface area (Å²) in [5.41, 5.74) is 14.1. The van der Waals surface area contributed by atoms with Crippen LogP contribution >= 0.6 is 0 Å². The number of aliphatic hydroxyl groups excluding tert-OH is 1. The van der Waals surface area contributed by atoms with E-state index in [1.165, 1.54) is 7.05 Å². The van der Waals surface area contributed by atoms with Crippen molar-refractivity contribution < 1.29 is 59.1 Å². The molecule has 0 aliphatic heterocycles. The Kier molecular flexibility index (Phi) is 10.1. The van der Waals surface area contributed by atoms with Gasteiger partial charge in [-0.05, 0) is 12.3 Å². The van der Waals surface area contributed by atoms with Crippen molar-refractivity contribution >= 4 is 11.9 Å². The van der Waals surface area contributed by atoms with E-state index in [0.717, 1.165) is 12.8 Å². The summed E-state index contributed by atoms with van der Waals surface area (Å²) in [7, 11) is 1.54. The van der Waals surface area contributed by atoms with Gasteiger partial charge in [0.25, 0.3) is 0 Å². The summed E-state index contributed by atoms with van der Waals surface area (Å²) < 4.78 is 0. The summed E-state index contributed by atoms with van der Waals surface area (Å²) in [6.07, 6.45) is 0.880. The van der Waals surface area contributed by atoms with E-state index >= 15 is 0 Å². The first kappa shape index (κ1) is 22.1. The third-order valence-corrected chi connectivity index (χ3v) is 4.64. The maximum Gasteiger partial charge on any atom is 0.309 e. The van der Waals surface area contributed by atoms with Gasteiger partial charge in [0.05, 0.1) is 12.0 Å². The number of carboxylic acids is 1. The Labute approximate surface area is 167 Å². The Morgan fingerprint density at radius 3 is 2.41 bits per heavy atom. The number of aliphatic imine (C=N–C) groups is 1. The fourth-order valence-corrected chi connectivity index (χ4v) is 3.31. The van der Waals surface area contributed by atoms with Crippen molar-refractivity contribution in [2.24, 2.45) is 28.5 Å². The fourth-order valence-electron chi connectivity index (χ4n) is 3.31. The van der Waals surface area contributed by atoms with Crippen LogP contribution in [-0.2, 0) is 4.79 Å². The van der Waals surface area contributed by atoms with Crippen molar-refractivity contribution in [3.63, 3.8) is 0 Å². The van der Waals surface area contributed by atoms with Crippen LogP contribution in [0.25, 0.3) is 5.73 Å². The number of rotatable bonds is 6. The van der Waals surface area contributed by atoms with Crippen LogP contribution in [0, 0.1) is 61.8 Å². The first-order valence-electron chi connectivity index (χ1n) is 7.48. The number of carbonyl (C=O) groups is 1. The topological polar surface area (TPSA) is 132 Å². The predicted octanol–water partition coefficient (Wildman–Crippen LogP) is 0.828. The van der Waals surface area contributed by atoms with Crippen LogP contribution in [0.2, 0.25) is 0 Å². The molecule has 0 aromatic carbocycles. The molecule has 8 heteroatoms. The van der Waals surface area contributed by atoms with Crippen molar-refractivity contribution in [1.29, 1.82) is 0 Å². The molecular weight excluding hydrogens is 499 g/mol. The molecule has 0 spiro atoms. The molecule has 1 aliphatic rings. The molecule has 1 fully saturated rings. The summed E-state index contributed by atoms with van der Waals surface area (Å²) >= 11 is 0. The molecule has 125 valence electrons. The van der Waals surface area contributed by atoms with Gasteiger partial charge in [0.2, 0.25) is 0 Å². The van der Waals surface area contributed by atoms with Gasteiger partial charge in [-0.15, -0.1) is 6.04 Å². The van der Waals surface area contributed by atoms with Gasteiger partial charge in [-0.2, -0.15) is 0 Å². The van der Waals surface area contributed by atoms with E-state index in [1.54, 1.807) is 0 Å². The second kappa shape index (κ2) is 10.1. The number of carboxylic acid groups (broad SMARTS) is 1. The van der Waals surface area contributed by atoms with E-state index in [9.17, 15) is 15.0 Å². The van der Waals surface area contributed by atoms with Crippen molar-refractivity contribution in [2.75, 3.05) is 7.05 Å². The van der Waals surface area contributed by atoms with Crippen LogP contribution in [0.15, 0.2) is 4.99 Å². The van der Waals surface area contributed by atoms with Gasteiger partial charge < -0.3 is 27.0 Å². The van der Waals surface area contributed by atoms with Crippen LogP contribution in [-0.4, -0.2) is 47.4 Å². The summed E-state index contributed by atoms with van der Waals surface area (Å²) in [4.78, 5) is 15.1. The molecule has 1 aliphatic carbocycles. The third kappa shape index (κ3) is 5.05. The normalized spacial score (nSPS) is 30.0. The molecule has 0 aromatic heterocycles. The summed E-state index contributed by atoms with van der Waals surface area (Å²) in [5.74, 6) is -2.02. The standard InChI is InChI=1S/C14H27N4O3.Ac/c1-4-7(5-2)11(15)10-9(18-14(16)17-3)6-8(12(10)19)13(20)21;/h7-12,15,19H,4-6H2,1-3H3,(H,20,21)(H3,16,17,18);/q-1;/t8-,9+,10+,11?,12+;/m0./s1. The molecule has 0 saturated heterocycles. The number of nitrogens with zero attached hydrogens (tertiary/aromatic N) is 1. The monoisotopic (exact) mass is 526 g/mol. The third-order valence-electron chi connectivity index (χ3n) is 4.64. The molecule has 0 amide bonds. The van der Waals surface area contributed by atoms with Crippen LogP contribution in [0.3, 0.4) is 0 Å². The van der Waals surface area contributed by atoms with Crippen molar-refractivity contribution in [1.82, 2.24) is 5.32 Å². The van der Waals surface area contributed by atoms with Crippen LogP contribution in [0.5, 0.6) is 0 Å². The van der Waals surface area contributed by atoms with E-state index in [0.29, 0.717) is 0 Å². The Bertz CT molecular complexity index is 390. The van der Waals surface area contributed by atoms with Gasteiger partial charge >= 0.3 is 5.97 Å². The quantitative estimate of drug-likeness (QED) is 0.301. The van der Waals surface area contributed by atoms with Crippen molar-refractivity contribution in [3.05, 3.63) is 5.73 Å². The van der Waals surface area contributed by atoms with Gasteiger partial charge in [-0.1, -0.05) is 32.6 Å². The molecule has 22 heavy (non-hydrogen) atoms. The zero-order chi connectivity index (χ0) is 16.2. The number of hydrogen-bond donors (Lipinski definition) is 4. The average Bonchev–Trinajstić information content (AvgIpc) is 2.76. The zero-order valence-electron chi connectivity index (χ0n) is 13.5. The molecule has 0 heterocycles. The summed E-state index contributed by atoms with van der Waals surface area (Å²) in [6, 6.07) is -0.866. The van der Waals surface area contributed by atoms with Crippen molar-refractivity contribution in [3.8, 4) is 0 Å². The number of nitrogens with one attached hydrogen (secondary N) is 2. The smallest absolute Gasteiger partial charge is 0.309 e. The molecule has 0 bridgehead atoms. The SMILES string of the molecule is CCC(CC)C([NH-])[C@@H]1[C@H](O)[C@@H](C(=O)O)C[C@H]1NC(N)=NC.[Ac]. The second-order valence-corrected chi connectivity index (χ2v) is 5.71. The van der Waals surface area contributed by atoms with Gasteiger partial charge in [-0.3, -0.25) is 9.79 Å². The van der Waals surface area contributed by atoms with E-state index < -0.39 is 30.0 Å². The Morgan fingerprint density at radius 1 is 1.45 bits per heavy atom. The number of hydrogen-bond acceptors (Lipinski definition) is 3. The molecule has 5 atom stereocenters. The van der Waals surface area contributed by atoms with Crippen LogP contribution in [0.4, 0.5) is 0 Å². The number of aliphatic hydroxyl groups is 1. The second-order valence-electron chi connectivity index (χ2n) is 5.71. The van der Waals surface area contributed by atoms with E-state index in [1.807, 2.05) is 13.8 Å². The fraction of sp³-hybridized carbons (Fsp3) is 0.857. The number of guanidine groups is 1. The molecule has 1 saturated carbocycles. The van der Waals surface area contributed by atoms with E-state index in [4.69, 9.17) is 11.5 Å². The average molecular weight is 526 g/mol. The Balaban J connectivity index is 0.00000441. The first-order chi connectivity index (χ1) is 9.87. The van der Waals surface area contributed by atoms with Crippen LogP contribution in [0.1, 0.15) is 33.1 Å². The molecule has 1 radical (unpaired) electrons. The van der Waals surface area contributed by atoms with Crippen LogP contribution < -0.4 is 11.1 Å². The minimum Gasteiger partial charge on any atom is -0.674 e. The molecule has 6 N–H and O–H groups in total. The molecule has 1 unspecified atom stereocenters. The first-order valence-corrected chi connectivity index (χ1v) is 7.48. The molecular formula is C14H27AcN4O3-. The van der Waals surface area contributed by atoms with Gasteiger partial charge in [0, 0.05) is 57.2 Å². The largest absolute Gasteiger partial charge is 0.674 e. The van der Waals surface area contributed by atoms with Gasteiger partial charge in [0.1, 0.15) is 0 Å². The molecule has 7 nitrogen and oxygen atoms in total. The van der Waals surface area contributed by atoms with E-state index in [2.05, 4.69) is 10.3 Å².